The van der Waals surface area contributed by atoms with Crippen molar-refractivity contribution in [1.29, 1.82) is 0 Å². The summed E-state index contributed by atoms with van der Waals surface area (Å²) in [7, 11) is 0. The van der Waals surface area contributed by atoms with Gasteiger partial charge in [-0.1, -0.05) is 12.1 Å². The normalized spacial score (nSPS) is 18.7. The molecule has 1 amide bonds. The monoisotopic (exact) mass is 366 g/mol. The summed E-state index contributed by atoms with van der Waals surface area (Å²) in [5, 5.41) is 7.54. The van der Waals surface area contributed by atoms with Gasteiger partial charge in [-0.05, 0) is 56.9 Å². The summed E-state index contributed by atoms with van der Waals surface area (Å²) in [6.45, 7) is 5.94. The summed E-state index contributed by atoms with van der Waals surface area (Å²) in [6, 6.07) is 8.69. The maximum Gasteiger partial charge on any atom is 0.220 e. The zero-order chi connectivity index (χ0) is 19.1. The highest BCUT2D eigenvalue weighted by Gasteiger charge is 2.39. The molecule has 4 rings (SSSR count). The molecule has 2 heterocycles. The Labute approximate surface area is 157 Å². The van der Waals surface area contributed by atoms with E-state index in [4.69, 9.17) is 0 Å². The van der Waals surface area contributed by atoms with Gasteiger partial charge in [0.1, 0.15) is 5.82 Å². The smallest absolute Gasteiger partial charge is 0.220 e. The Hall–Kier alpha value is -2.76. The molecule has 0 aliphatic heterocycles. The molecule has 140 valence electrons. The van der Waals surface area contributed by atoms with Crippen LogP contribution in [-0.4, -0.2) is 26.5 Å². The highest BCUT2D eigenvalue weighted by molar-refractivity contribution is 5.77. The first-order valence-corrected chi connectivity index (χ1v) is 9.29. The fourth-order valence-electron chi connectivity index (χ4n) is 3.78. The molecule has 3 aromatic rings. The van der Waals surface area contributed by atoms with E-state index < -0.39 is 0 Å². The fraction of sp³-hybridized carbons (Fsp3) is 0.381. The molecular formula is C21H23FN4O. The van der Waals surface area contributed by atoms with Gasteiger partial charge in [-0.25, -0.2) is 13.9 Å². The zero-order valence-electron chi connectivity index (χ0n) is 15.8. The third-order valence-electron chi connectivity index (χ3n) is 5.30. The van der Waals surface area contributed by atoms with Crippen molar-refractivity contribution in [1.82, 2.24) is 19.9 Å². The average molecular weight is 366 g/mol. The largest absolute Gasteiger partial charge is 0.353 e. The number of hydrogen-bond donors (Lipinski definition) is 1. The van der Waals surface area contributed by atoms with Gasteiger partial charge in [0.25, 0.3) is 0 Å². The first-order valence-electron chi connectivity index (χ1n) is 9.29. The number of aromatic nitrogens is 3. The number of carbonyl (C=O) groups is 1. The van der Waals surface area contributed by atoms with E-state index in [0.717, 1.165) is 40.3 Å². The number of nitrogens with zero attached hydrogens (tertiary/aromatic N) is 3. The Morgan fingerprint density at radius 3 is 2.89 bits per heavy atom. The molecular weight excluding hydrogens is 343 g/mol. The summed E-state index contributed by atoms with van der Waals surface area (Å²) in [4.78, 5) is 17.0. The Morgan fingerprint density at radius 1 is 1.30 bits per heavy atom. The molecule has 1 aliphatic carbocycles. The second-order valence-corrected chi connectivity index (χ2v) is 7.39. The standard InChI is InChI=1S/C21H23FN4O/c1-12-9-20-23-13(2)17(14(3)26(20)25-12)7-8-21(27)24-19-11-18(19)15-5-4-6-16(22)10-15/h4-6,9-10,18-19H,7-8,11H2,1-3H3,(H,24,27)/t18-,19-/m0/s1. The Morgan fingerprint density at radius 2 is 2.11 bits per heavy atom. The molecule has 2 atom stereocenters. The van der Waals surface area contributed by atoms with Gasteiger partial charge in [-0.15, -0.1) is 0 Å². The van der Waals surface area contributed by atoms with E-state index in [1.54, 1.807) is 12.1 Å². The van der Waals surface area contributed by atoms with Crippen molar-refractivity contribution in [3.8, 4) is 0 Å². The first kappa shape index (κ1) is 17.6. The van der Waals surface area contributed by atoms with Gasteiger partial charge in [0.2, 0.25) is 5.91 Å². The fourth-order valence-corrected chi connectivity index (χ4v) is 3.78. The molecule has 1 N–H and O–H groups in total. The molecule has 5 nitrogen and oxygen atoms in total. The maximum atomic E-state index is 13.3. The Balaban J connectivity index is 1.38. The molecule has 0 unspecified atom stereocenters. The van der Waals surface area contributed by atoms with E-state index in [9.17, 15) is 9.18 Å². The van der Waals surface area contributed by atoms with Crippen LogP contribution in [0.25, 0.3) is 5.65 Å². The van der Waals surface area contributed by atoms with Crippen LogP contribution in [0.1, 0.15) is 47.0 Å². The van der Waals surface area contributed by atoms with E-state index in [1.807, 2.05) is 37.4 Å². The van der Waals surface area contributed by atoms with Crippen molar-refractivity contribution < 1.29 is 9.18 Å². The second kappa shape index (κ2) is 6.76. The highest BCUT2D eigenvalue weighted by atomic mass is 19.1. The quantitative estimate of drug-likeness (QED) is 0.753. The number of carbonyl (C=O) groups excluding carboxylic acids is 1. The summed E-state index contributed by atoms with van der Waals surface area (Å²) in [6.07, 6.45) is 1.90. The summed E-state index contributed by atoms with van der Waals surface area (Å²) in [5.74, 6) is 0.0137. The molecule has 1 fully saturated rings. The molecule has 1 aromatic carbocycles. The third-order valence-corrected chi connectivity index (χ3v) is 5.30. The van der Waals surface area contributed by atoms with Crippen LogP contribution in [0, 0.1) is 26.6 Å². The molecule has 0 radical (unpaired) electrons. The summed E-state index contributed by atoms with van der Waals surface area (Å²) < 4.78 is 15.2. The Kier molecular flexibility index (Phi) is 4.42. The minimum absolute atomic E-state index is 0.0226. The van der Waals surface area contributed by atoms with Gasteiger partial charge in [-0.3, -0.25) is 4.79 Å². The van der Waals surface area contributed by atoms with Crippen LogP contribution in [-0.2, 0) is 11.2 Å². The lowest BCUT2D eigenvalue weighted by Crippen LogP contribution is -2.27. The number of halogens is 1. The van der Waals surface area contributed by atoms with E-state index in [2.05, 4.69) is 15.4 Å². The van der Waals surface area contributed by atoms with Crippen molar-refractivity contribution in [2.24, 2.45) is 0 Å². The predicted molar refractivity (Wildman–Crippen MR) is 101 cm³/mol. The number of fused-ring (bicyclic) bond motifs is 1. The number of benzene rings is 1. The number of rotatable bonds is 5. The van der Waals surface area contributed by atoms with Crippen molar-refractivity contribution in [3.63, 3.8) is 0 Å². The minimum Gasteiger partial charge on any atom is -0.353 e. The summed E-state index contributed by atoms with van der Waals surface area (Å²) >= 11 is 0. The van der Waals surface area contributed by atoms with Crippen molar-refractivity contribution in [2.45, 2.75) is 52.0 Å². The van der Waals surface area contributed by atoms with Crippen LogP contribution in [0.15, 0.2) is 30.3 Å². The Bertz CT molecular complexity index is 1030. The first-order chi connectivity index (χ1) is 12.9. The van der Waals surface area contributed by atoms with Crippen LogP contribution < -0.4 is 5.32 Å². The lowest BCUT2D eigenvalue weighted by molar-refractivity contribution is -0.121. The molecule has 1 aliphatic rings. The van der Waals surface area contributed by atoms with Gasteiger partial charge in [0, 0.05) is 35.8 Å². The van der Waals surface area contributed by atoms with Gasteiger partial charge >= 0.3 is 0 Å². The molecule has 6 heteroatoms. The van der Waals surface area contributed by atoms with Crippen LogP contribution in [0.4, 0.5) is 4.39 Å². The maximum absolute atomic E-state index is 13.3. The number of amides is 1. The number of hydrogen-bond acceptors (Lipinski definition) is 3. The molecule has 2 aromatic heterocycles. The second-order valence-electron chi connectivity index (χ2n) is 7.39. The van der Waals surface area contributed by atoms with Gasteiger partial charge in [-0.2, -0.15) is 5.10 Å². The van der Waals surface area contributed by atoms with Crippen molar-refractivity contribution >= 4 is 11.6 Å². The molecule has 0 saturated heterocycles. The lowest BCUT2D eigenvalue weighted by Gasteiger charge is -2.11. The van der Waals surface area contributed by atoms with E-state index >= 15 is 0 Å². The molecule has 0 spiro atoms. The summed E-state index contributed by atoms with van der Waals surface area (Å²) in [5.41, 5.74) is 5.76. The van der Waals surface area contributed by atoms with Gasteiger partial charge in [0.05, 0.1) is 5.69 Å². The zero-order valence-corrected chi connectivity index (χ0v) is 15.8. The SMILES string of the molecule is Cc1cc2nc(C)c(CCC(=O)N[C@H]3C[C@H]3c3cccc(F)c3)c(C)n2n1. The van der Waals surface area contributed by atoms with E-state index in [0.29, 0.717) is 12.8 Å². The lowest BCUT2D eigenvalue weighted by atomic mass is 10.1. The minimum atomic E-state index is -0.229. The predicted octanol–water partition coefficient (Wildman–Crippen LogP) is 3.40. The molecule has 0 bridgehead atoms. The van der Waals surface area contributed by atoms with Crippen LogP contribution in [0.2, 0.25) is 0 Å². The number of nitrogens with one attached hydrogen (secondary N) is 1. The van der Waals surface area contributed by atoms with Crippen LogP contribution >= 0.6 is 0 Å². The van der Waals surface area contributed by atoms with E-state index in [-0.39, 0.29) is 23.7 Å². The van der Waals surface area contributed by atoms with Gasteiger partial charge in [0.15, 0.2) is 5.65 Å². The third kappa shape index (κ3) is 3.56. The highest BCUT2D eigenvalue weighted by Crippen LogP contribution is 2.40. The van der Waals surface area contributed by atoms with Crippen LogP contribution in [0.5, 0.6) is 0 Å². The average Bonchev–Trinajstić information content (AvgIpc) is 3.27. The van der Waals surface area contributed by atoms with E-state index in [1.165, 1.54) is 6.07 Å². The molecule has 27 heavy (non-hydrogen) atoms. The van der Waals surface area contributed by atoms with Gasteiger partial charge < -0.3 is 5.32 Å². The number of aryl methyl sites for hydroxylation is 3. The molecule has 1 saturated carbocycles. The van der Waals surface area contributed by atoms with Crippen molar-refractivity contribution in [3.05, 3.63) is 64.4 Å². The van der Waals surface area contributed by atoms with Crippen molar-refractivity contribution in [2.75, 3.05) is 0 Å². The van der Waals surface area contributed by atoms with Crippen LogP contribution in [0.3, 0.4) is 0 Å². The topological polar surface area (TPSA) is 59.3 Å².